The Morgan fingerprint density at radius 1 is 0.929 bits per heavy atom. The summed E-state index contributed by atoms with van der Waals surface area (Å²) >= 11 is 1.25. The Balaban J connectivity index is 1.51. The highest BCUT2D eigenvalue weighted by Gasteiger charge is 2.33. The molecule has 0 spiro atoms. The predicted octanol–water partition coefficient (Wildman–Crippen LogP) is 5.64. The van der Waals surface area contributed by atoms with E-state index in [-0.39, 0.29) is 30.9 Å². The lowest BCUT2D eigenvalue weighted by molar-refractivity contribution is -0.137. The Kier molecular flexibility index (Phi) is 8.92. The predicted molar refractivity (Wildman–Crippen MR) is 161 cm³/mol. The van der Waals surface area contributed by atoms with E-state index in [0.29, 0.717) is 33.7 Å². The molecular formula is C32H32N4O5S. The van der Waals surface area contributed by atoms with Gasteiger partial charge in [-0.1, -0.05) is 47.7 Å². The van der Waals surface area contributed by atoms with E-state index in [1.165, 1.54) is 11.8 Å². The molecule has 1 atom stereocenters. The first-order chi connectivity index (χ1) is 20.3. The van der Waals surface area contributed by atoms with E-state index in [2.05, 4.69) is 15.3 Å². The van der Waals surface area contributed by atoms with Gasteiger partial charge in [-0.05, 0) is 74.4 Å². The van der Waals surface area contributed by atoms with E-state index in [4.69, 9.17) is 14.2 Å². The van der Waals surface area contributed by atoms with Gasteiger partial charge in [0.25, 0.3) is 5.91 Å². The fourth-order valence-corrected chi connectivity index (χ4v) is 5.46. The summed E-state index contributed by atoms with van der Waals surface area (Å²) in [5.41, 5.74) is 4.82. The molecule has 3 aromatic carbocycles. The van der Waals surface area contributed by atoms with Crippen LogP contribution in [0.1, 0.15) is 34.1 Å². The van der Waals surface area contributed by atoms with Crippen molar-refractivity contribution in [1.82, 2.24) is 14.9 Å². The van der Waals surface area contributed by atoms with Gasteiger partial charge >= 0.3 is 0 Å². The molecule has 2 heterocycles. The number of carbonyl (C=O) groups excluding carboxylic acids is 2. The SMILES string of the molecule is COc1ccc(NC(=O)C(c2ccc3c(c2)OCO3)N(Cc2ccc(C)cc2)C(=O)CSc2nc(C)cc(C)n2)cc1. The number of nitrogens with zero attached hydrogens (tertiary/aromatic N) is 3. The van der Waals surface area contributed by atoms with Crippen molar-refractivity contribution in [3.8, 4) is 17.2 Å². The maximum Gasteiger partial charge on any atom is 0.251 e. The van der Waals surface area contributed by atoms with Gasteiger partial charge < -0.3 is 24.4 Å². The number of amides is 2. The minimum atomic E-state index is -0.976. The van der Waals surface area contributed by atoms with E-state index in [0.717, 1.165) is 22.5 Å². The highest BCUT2D eigenvalue weighted by molar-refractivity contribution is 7.99. The molecule has 1 aromatic heterocycles. The minimum absolute atomic E-state index is 0.0472. The summed E-state index contributed by atoms with van der Waals surface area (Å²) in [7, 11) is 1.58. The monoisotopic (exact) mass is 584 g/mol. The summed E-state index contributed by atoms with van der Waals surface area (Å²) < 4.78 is 16.4. The molecule has 0 aliphatic carbocycles. The van der Waals surface area contributed by atoms with Gasteiger partial charge in [0.1, 0.15) is 11.8 Å². The molecule has 216 valence electrons. The first-order valence-corrected chi connectivity index (χ1v) is 14.4. The number of benzene rings is 3. The van der Waals surface area contributed by atoms with E-state index in [1.807, 2.05) is 51.1 Å². The molecule has 10 heteroatoms. The molecule has 5 rings (SSSR count). The molecule has 0 radical (unpaired) electrons. The number of ether oxygens (including phenoxy) is 3. The molecule has 0 fully saturated rings. The van der Waals surface area contributed by atoms with Crippen LogP contribution < -0.4 is 19.5 Å². The Bertz CT molecular complexity index is 1560. The largest absolute Gasteiger partial charge is 0.497 e. The lowest BCUT2D eigenvalue weighted by atomic mass is 10.0. The highest BCUT2D eigenvalue weighted by Crippen LogP contribution is 2.37. The summed E-state index contributed by atoms with van der Waals surface area (Å²) in [6.07, 6.45) is 0. The quantitative estimate of drug-likeness (QED) is 0.189. The van der Waals surface area contributed by atoms with Crippen LogP contribution in [0.2, 0.25) is 0 Å². The summed E-state index contributed by atoms with van der Waals surface area (Å²) in [6, 6.07) is 21.2. The van der Waals surface area contributed by atoms with Crippen molar-refractivity contribution in [3.63, 3.8) is 0 Å². The van der Waals surface area contributed by atoms with Crippen LogP contribution in [-0.2, 0) is 16.1 Å². The second-order valence-electron chi connectivity index (χ2n) is 9.96. The van der Waals surface area contributed by atoms with Crippen molar-refractivity contribution in [2.24, 2.45) is 0 Å². The van der Waals surface area contributed by atoms with Crippen molar-refractivity contribution in [2.45, 2.75) is 38.5 Å². The van der Waals surface area contributed by atoms with Crippen LogP contribution >= 0.6 is 11.8 Å². The van der Waals surface area contributed by atoms with Gasteiger partial charge in [-0.3, -0.25) is 9.59 Å². The third-order valence-electron chi connectivity index (χ3n) is 6.71. The third kappa shape index (κ3) is 7.01. The van der Waals surface area contributed by atoms with Gasteiger partial charge in [0.15, 0.2) is 16.7 Å². The molecule has 1 unspecified atom stereocenters. The van der Waals surface area contributed by atoms with E-state index in [9.17, 15) is 9.59 Å². The summed E-state index contributed by atoms with van der Waals surface area (Å²) in [5.74, 6) is 1.22. The number of fused-ring (bicyclic) bond motifs is 1. The Morgan fingerprint density at radius 2 is 1.62 bits per heavy atom. The van der Waals surface area contributed by atoms with Gasteiger partial charge in [-0.2, -0.15) is 0 Å². The lowest BCUT2D eigenvalue weighted by Crippen LogP contribution is -2.41. The second kappa shape index (κ2) is 12.9. The van der Waals surface area contributed by atoms with Gasteiger partial charge in [-0.25, -0.2) is 9.97 Å². The normalized spacial score (nSPS) is 12.5. The topological polar surface area (TPSA) is 103 Å². The number of thioether (sulfide) groups is 1. The number of aryl methyl sites for hydroxylation is 3. The number of aromatic nitrogens is 2. The van der Waals surface area contributed by atoms with E-state index in [1.54, 1.807) is 54.5 Å². The standard InChI is InChI=1S/C32H32N4O5S/c1-20-5-7-23(8-6-20)17-36(29(37)18-42-32-33-21(2)15-22(3)34-32)30(24-9-14-27-28(16-24)41-19-40-27)31(38)35-25-10-12-26(39-4)13-11-25/h5-16,30H,17-19H2,1-4H3,(H,35,38). The molecule has 1 aliphatic heterocycles. The average Bonchev–Trinajstić information content (AvgIpc) is 3.45. The van der Waals surface area contributed by atoms with Crippen molar-refractivity contribution in [1.29, 1.82) is 0 Å². The zero-order chi connectivity index (χ0) is 29.6. The van der Waals surface area contributed by atoms with Crippen LogP contribution in [0.15, 0.2) is 78.0 Å². The molecule has 0 saturated carbocycles. The molecule has 1 aliphatic rings. The van der Waals surface area contributed by atoms with Crippen LogP contribution in [0.3, 0.4) is 0 Å². The second-order valence-corrected chi connectivity index (χ2v) is 10.9. The number of anilines is 1. The zero-order valence-corrected chi connectivity index (χ0v) is 24.7. The van der Waals surface area contributed by atoms with Crippen molar-refractivity contribution in [3.05, 3.63) is 101 Å². The molecule has 2 amide bonds. The van der Waals surface area contributed by atoms with Crippen molar-refractivity contribution < 1.29 is 23.8 Å². The number of hydrogen-bond acceptors (Lipinski definition) is 8. The van der Waals surface area contributed by atoms with Crippen molar-refractivity contribution >= 4 is 29.3 Å². The Labute approximate surface area is 249 Å². The van der Waals surface area contributed by atoms with Crippen LogP contribution in [-0.4, -0.2) is 46.3 Å². The highest BCUT2D eigenvalue weighted by atomic mass is 32.2. The number of methoxy groups -OCH3 is 1. The Morgan fingerprint density at radius 3 is 2.31 bits per heavy atom. The first-order valence-electron chi connectivity index (χ1n) is 13.4. The number of nitrogens with one attached hydrogen (secondary N) is 1. The molecular weight excluding hydrogens is 552 g/mol. The molecule has 0 bridgehead atoms. The van der Waals surface area contributed by atoms with Crippen LogP contribution in [0.25, 0.3) is 0 Å². The van der Waals surface area contributed by atoms with E-state index >= 15 is 0 Å². The zero-order valence-electron chi connectivity index (χ0n) is 23.9. The number of carbonyl (C=O) groups is 2. The number of hydrogen-bond donors (Lipinski definition) is 1. The molecule has 4 aromatic rings. The summed E-state index contributed by atoms with van der Waals surface area (Å²) in [4.78, 5) is 38.7. The van der Waals surface area contributed by atoms with Crippen molar-refractivity contribution in [2.75, 3.05) is 25.0 Å². The van der Waals surface area contributed by atoms with Gasteiger partial charge in [-0.15, -0.1) is 0 Å². The average molecular weight is 585 g/mol. The maximum absolute atomic E-state index is 14.1. The summed E-state index contributed by atoms with van der Waals surface area (Å²) in [5, 5.41) is 3.50. The fraction of sp³-hybridized carbons (Fsp3) is 0.250. The minimum Gasteiger partial charge on any atom is -0.497 e. The van der Waals surface area contributed by atoms with Gasteiger partial charge in [0.05, 0.1) is 12.9 Å². The van der Waals surface area contributed by atoms with E-state index < -0.39 is 6.04 Å². The number of rotatable bonds is 10. The molecule has 9 nitrogen and oxygen atoms in total. The summed E-state index contributed by atoms with van der Waals surface area (Å²) in [6.45, 7) is 6.10. The Hall–Kier alpha value is -4.57. The molecule has 0 saturated heterocycles. The van der Waals surface area contributed by atoms with Gasteiger partial charge in [0, 0.05) is 23.6 Å². The lowest BCUT2D eigenvalue weighted by Gasteiger charge is -2.31. The third-order valence-corrected chi connectivity index (χ3v) is 7.54. The first kappa shape index (κ1) is 28.9. The molecule has 42 heavy (non-hydrogen) atoms. The maximum atomic E-state index is 14.1. The van der Waals surface area contributed by atoms with Crippen LogP contribution in [0.5, 0.6) is 17.2 Å². The fourth-order valence-electron chi connectivity index (χ4n) is 4.62. The van der Waals surface area contributed by atoms with Crippen LogP contribution in [0.4, 0.5) is 5.69 Å². The molecule has 1 N–H and O–H groups in total. The van der Waals surface area contributed by atoms with Crippen LogP contribution in [0, 0.1) is 20.8 Å². The smallest absolute Gasteiger partial charge is 0.251 e. The van der Waals surface area contributed by atoms with Gasteiger partial charge in [0.2, 0.25) is 12.7 Å².